The molecule has 4 heteroatoms. The lowest BCUT2D eigenvalue weighted by Gasteiger charge is -1.77. The van der Waals surface area contributed by atoms with Crippen LogP contribution in [0.3, 0.4) is 0 Å². The number of hydrogen-bond donors (Lipinski definition) is 1. The molecule has 0 bridgehead atoms. The molecule has 0 saturated heterocycles. The Morgan fingerprint density at radius 2 is 2.43 bits per heavy atom. The number of nitro groups is 1. The Kier molecular flexibility index (Phi) is 1.84. The number of hydrogen-bond acceptors (Lipinski definition) is 3. The minimum atomic E-state index is -0.713. The lowest BCUT2D eigenvalue weighted by Crippen LogP contribution is -1.84. The van der Waals surface area contributed by atoms with E-state index in [1.807, 2.05) is 0 Å². The molecule has 0 spiro atoms. The van der Waals surface area contributed by atoms with Crippen molar-refractivity contribution in [2.45, 2.75) is 6.92 Å². The van der Waals surface area contributed by atoms with Crippen molar-refractivity contribution in [3.8, 4) is 0 Å². The predicted octanol–water partition coefficient (Wildman–Crippen LogP) is 0.682. The predicted molar refractivity (Wildman–Crippen MR) is 23.4 cm³/mol. The monoisotopic (exact) mass is 103 g/mol. The van der Waals surface area contributed by atoms with Gasteiger partial charge in [-0.25, -0.2) is 0 Å². The number of nitrogens with zero attached hydrogens (tertiary/aromatic N) is 1. The van der Waals surface area contributed by atoms with Gasteiger partial charge in [0.2, 0.25) is 0 Å². The summed E-state index contributed by atoms with van der Waals surface area (Å²) in [6, 6.07) is 0. The molecule has 0 aliphatic carbocycles. The molecule has 0 atom stereocenters. The van der Waals surface area contributed by atoms with E-state index in [0.29, 0.717) is 6.20 Å². The van der Waals surface area contributed by atoms with E-state index in [4.69, 9.17) is 5.11 Å². The van der Waals surface area contributed by atoms with Crippen molar-refractivity contribution in [2.75, 3.05) is 0 Å². The van der Waals surface area contributed by atoms with E-state index in [-0.39, 0.29) is 5.76 Å². The minimum Gasteiger partial charge on any atom is -0.506 e. The first-order valence-corrected chi connectivity index (χ1v) is 1.64. The molecule has 0 aliphatic rings. The summed E-state index contributed by atoms with van der Waals surface area (Å²) in [5, 5.41) is 17.5. The topological polar surface area (TPSA) is 63.4 Å². The van der Waals surface area contributed by atoms with Crippen LogP contribution in [0.2, 0.25) is 0 Å². The molecule has 0 fully saturated rings. The number of aliphatic hydroxyl groups is 1. The first-order chi connectivity index (χ1) is 3.13. The van der Waals surface area contributed by atoms with Gasteiger partial charge in [0, 0.05) is 0 Å². The highest BCUT2D eigenvalue weighted by Gasteiger charge is 1.86. The Morgan fingerprint density at radius 1 is 2.00 bits per heavy atom. The van der Waals surface area contributed by atoms with Crippen LogP contribution in [0.25, 0.3) is 0 Å². The molecule has 0 aromatic rings. The van der Waals surface area contributed by atoms with Gasteiger partial charge in [0.1, 0.15) is 0 Å². The highest BCUT2D eigenvalue weighted by molar-refractivity contribution is 4.75. The third kappa shape index (κ3) is 4.94. The Morgan fingerprint density at radius 3 is 2.43 bits per heavy atom. The zero-order chi connectivity index (χ0) is 5.86. The summed E-state index contributed by atoms with van der Waals surface area (Å²) in [6.45, 7) is 1.24. The van der Waals surface area contributed by atoms with Gasteiger partial charge in [-0.1, -0.05) is 0 Å². The zero-order valence-electron chi connectivity index (χ0n) is 3.79. The van der Waals surface area contributed by atoms with Gasteiger partial charge in [0.15, 0.2) is 5.76 Å². The second-order valence-electron chi connectivity index (χ2n) is 1.06. The standard InChI is InChI=1S/C3H5NO3/c1-3(5)2-4(6)7/h2,5H,1H3. The molecule has 4 nitrogen and oxygen atoms in total. The summed E-state index contributed by atoms with van der Waals surface area (Å²) >= 11 is 0. The van der Waals surface area contributed by atoms with Crippen LogP contribution in [0.5, 0.6) is 0 Å². The number of rotatable bonds is 1. The molecule has 1 N–H and O–H groups in total. The summed E-state index contributed by atoms with van der Waals surface area (Å²) in [6.07, 6.45) is 0.528. The molecule has 0 aliphatic heterocycles. The van der Waals surface area contributed by atoms with Crippen molar-refractivity contribution in [3.05, 3.63) is 22.1 Å². The average molecular weight is 103 g/mol. The molecule has 40 valence electrons. The van der Waals surface area contributed by atoms with Crippen LogP contribution in [0.1, 0.15) is 6.92 Å². The highest BCUT2D eigenvalue weighted by Crippen LogP contribution is 1.81. The van der Waals surface area contributed by atoms with Crippen LogP contribution < -0.4 is 0 Å². The number of aliphatic hydroxyl groups excluding tert-OH is 1. The van der Waals surface area contributed by atoms with Crippen molar-refractivity contribution in [1.29, 1.82) is 0 Å². The lowest BCUT2D eigenvalue weighted by atomic mass is 10.6. The lowest BCUT2D eigenvalue weighted by molar-refractivity contribution is -0.405. The quantitative estimate of drug-likeness (QED) is 0.301. The summed E-state index contributed by atoms with van der Waals surface area (Å²) in [7, 11) is 0. The summed E-state index contributed by atoms with van der Waals surface area (Å²) in [4.78, 5) is 8.67. The second kappa shape index (κ2) is 2.17. The summed E-state index contributed by atoms with van der Waals surface area (Å²) in [5.74, 6) is -0.287. The SMILES string of the molecule is CC(O)=C[N+](=O)[O-]. The molecule has 0 heterocycles. The van der Waals surface area contributed by atoms with Gasteiger partial charge >= 0.3 is 0 Å². The van der Waals surface area contributed by atoms with Gasteiger partial charge in [-0.05, 0) is 6.92 Å². The Labute approximate surface area is 40.2 Å². The molecule has 0 amide bonds. The normalized spacial score (nSPS) is 11.3. The van der Waals surface area contributed by atoms with Crippen LogP contribution in [-0.4, -0.2) is 10.0 Å². The maximum Gasteiger partial charge on any atom is 0.271 e. The van der Waals surface area contributed by atoms with Crippen molar-refractivity contribution in [1.82, 2.24) is 0 Å². The maximum atomic E-state index is 9.38. The average Bonchev–Trinajstić information content (AvgIpc) is 1.27. The van der Waals surface area contributed by atoms with Gasteiger partial charge in [-0.2, -0.15) is 0 Å². The van der Waals surface area contributed by atoms with E-state index < -0.39 is 4.92 Å². The molecular weight excluding hydrogens is 98.0 g/mol. The molecular formula is C3H5NO3. The van der Waals surface area contributed by atoms with Gasteiger partial charge in [-0.3, -0.25) is 10.1 Å². The molecule has 0 rings (SSSR count). The largest absolute Gasteiger partial charge is 0.506 e. The van der Waals surface area contributed by atoms with Crippen molar-refractivity contribution < 1.29 is 10.0 Å². The summed E-state index contributed by atoms with van der Waals surface area (Å²) in [5.41, 5.74) is 0. The van der Waals surface area contributed by atoms with Crippen LogP contribution in [-0.2, 0) is 0 Å². The fraction of sp³-hybridized carbons (Fsp3) is 0.333. The van der Waals surface area contributed by atoms with Gasteiger partial charge < -0.3 is 5.11 Å². The van der Waals surface area contributed by atoms with Gasteiger partial charge in [0.25, 0.3) is 6.20 Å². The molecule has 7 heavy (non-hydrogen) atoms. The van der Waals surface area contributed by atoms with Crippen molar-refractivity contribution in [2.24, 2.45) is 0 Å². The Bertz CT molecular complexity index is 103. The van der Waals surface area contributed by atoms with E-state index in [9.17, 15) is 10.1 Å². The molecule has 0 saturated carbocycles. The molecule has 0 unspecified atom stereocenters. The molecule has 0 aromatic carbocycles. The zero-order valence-corrected chi connectivity index (χ0v) is 3.79. The Balaban J connectivity index is 3.68. The van der Waals surface area contributed by atoms with Crippen molar-refractivity contribution >= 4 is 0 Å². The summed E-state index contributed by atoms with van der Waals surface area (Å²) < 4.78 is 0. The fourth-order valence-corrected chi connectivity index (χ4v) is 0.153. The van der Waals surface area contributed by atoms with Crippen LogP contribution in [0.4, 0.5) is 0 Å². The second-order valence-corrected chi connectivity index (χ2v) is 1.06. The van der Waals surface area contributed by atoms with E-state index >= 15 is 0 Å². The highest BCUT2D eigenvalue weighted by atomic mass is 16.6. The van der Waals surface area contributed by atoms with Crippen LogP contribution in [0.15, 0.2) is 12.0 Å². The Hall–Kier alpha value is -1.06. The fourth-order valence-electron chi connectivity index (χ4n) is 0.153. The first-order valence-electron chi connectivity index (χ1n) is 1.64. The van der Waals surface area contributed by atoms with E-state index in [1.165, 1.54) is 6.92 Å². The smallest absolute Gasteiger partial charge is 0.271 e. The van der Waals surface area contributed by atoms with Crippen molar-refractivity contribution in [3.63, 3.8) is 0 Å². The van der Waals surface area contributed by atoms with E-state index in [2.05, 4.69) is 0 Å². The van der Waals surface area contributed by atoms with E-state index in [1.54, 1.807) is 0 Å². The van der Waals surface area contributed by atoms with E-state index in [0.717, 1.165) is 0 Å². The van der Waals surface area contributed by atoms with Crippen LogP contribution >= 0.6 is 0 Å². The third-order valence-corrected chi connectivity index (χ3v) is 0.292. The molecule has 0 aromatic heterocycles. The van der Waals surface area contributed by atoms with Gasteiger partial charge in [0.05, 0.1) is 4.92 Å². The molecule has 0 radical (unpaired) electrons. The van der Waals surface area contributed by atoms with Crippen LogP contribution in [0, 0.1) is 10.1 Å². The minimum absolute atomic E-state index is 0.287. The number of allylic oxidation sites excluding steroid dienone is 1. The third-order valence-electron chi connectivity index (χ3n) is 0.292. The maximum absolute atomic E-state index is 9.38. The first kappa shape index (κ1) is 5.94. The van der Waals surface area contributed by atoms with Gasteiger partial charge in [-0.15, -0.1) is 0 Å².